The molecule has 0 unspecified atom stereocenters. The molecule has 2 saturated heterocycles. The van der Waals surface area contributed by atoms with Gasteiger partial charge in [-0.2, -0.15) is 0 Å². The maximum atomic E-state index is 12.2. The first-order valence-electron chi connectivity index (χ1n) is 13.5. The average molecular weight is 528 g/mol. The number of nitrogens with zero attached hydrogens (tertiary/aromatic N) is 6. The number of nitrogens with one attached hydrogen (secondary N) is 1. The highest BCUT2D eigenvalue weighted by atomic mass is 16.6. The van der Waals surface area contributed by atoms with Crippen molar-refractivity contribution < 1.29 is 9.66 Å². The zero-order chi connectivity index (χ0) is 26.9. The van der Waals surface area contributed by atoms with Crippen molar-refractivity contribution in [1.82, 2.24) is 19.4 Å². The summed E-state index contributed by atoms with van der Waals surface area (Å²) in [7, 11) is 3.58. The number of benzene rings is 2. The van der Waals surface area contributed by atoms with Crippen molar-refractivity contribution in [3.8, 4) is 17.0 Å². The zero-order valence-electron chi connectivity index (χ0n) is 22.3. The smallest absolute Gasteiger partial charge is 0.294 e. The van der Waals surface area contributed by atoms with E-state index in [1.54, 1.807) is 19.4 Å². The highest BCUT2D eigenvalue weighted by Crippen LogP contribution is 2.40. The van der Waals surface area contributed by atoms with Gasteiger partial charge in [0.25, 0.3) is 5.69 Å². The van der Waals surface area contributed by atoms with Crippen LogP contribution in [0.1, 0.15) is 25.7 Å². The number of ether oxygens (including phenoxy) is 1. The van der Waals surface area contributed by atoms with Crippen molar-refractivity contribution in [2.24, 2.45) is 7.05 Å². The number of nitro benzene ring substituents is 1. The summed E-state index contributed by atoms with van der Waals surface area (Å²) in [5.74, 6) is 0.851. The fourth-order valence-electron chi connectivity index (χ4n) is 6.04. The van der Waals surface area contributed by atoms with Gasteiger partial charge in [-0.3, -0.25) is 10.1 Å². The number of piperidine rings is 1. The number of nitro groups is 1. The molecule has 2 aliphatic heterocycles. The monoisotopic (exact) mass is 527 g/mol. The molecule has 0 saturated carbocycles. The predicted octanol–water partition coefficient (Wildman–Crippen LogP) is 5.36. The molecule has 0 spiro atoms. The van der Waals surface area contributed by atoms with Crippen molar-refractivity contribution in [1.29, 1.82) is 0 Å². The Morgan fingerprint density at radius 1 is 1.08 bits per heavy atom. The molecule has 2 aliphatic rings. The number of likely N-dealkylation sites (tertiary alicyclic amines) is 1. The van der Waals surface area contributed by atoms with Gasteiger partial charge in [0.05, 0.1) is 23.4 Å². The summed E-state index contributed by atoms with van der Waals surface area (Å²) < 4.78 is 7.75. The lowest BCUT2D eigenvalue weighted by Crippen LogP contribution is -2.44. The Labute approximate surface area is 227 Å². The molecule has 0 atom stereocenters. The largest absolute Gasteiger partial charge is 0.494 e. The number of para-hydroxylation sites is 1. The topological polar surface area (TPSA) is 102 Å². The van der Waals surface area contributed by atoms with E-state index in [0.717, 1.165) is 48.1 Å². The molecule has 39 heavy (non-hydrogen) atoms. The first-order chi connectivity index (χ1) is 19.0. The fourth-order valence-corrected chi connectivity index (χ4v) is 6.04. The second-order valence-electron chi connectivity index (χ2n) is 10.3. The van der Waals surface area contributed by atoms with Crippen LogP contribution in [0.25, 0.3) is 22.2 Å². The number of methoxy groups -OCH3 is 1. The van der Waals surface area contributed by atoms with Crippen LogP contribution >= 0.6 is 0 Å². The van der Waals surface area contributed by atoms with E-state index in [0.29, 0.717) is 29.1 Å². The van der Waals surface area contributed by atoms with E-state index in [1.165, 1.54) is 32.0 Å². The standard InChI is InChI=1S/C29H33N7O3/c1-33-19-22(21-7-3-4-8-25(21)33)23-9-12-30-29(31-23)32-24-17-27(36(37)38)26(18-28(24)39-2)35-15-10-20(11-16-35)34-13-5-6-14-34/h3-4,7-9,12,17-20H,5-6,10-11,13-16H2,1-2H3,(H,30,31,32). The Balaban J connectivity index is 1.28. The van der Waals surface area contributed by atoms with Crippen LogP contribution in [0.3, 0.4) is 0 Å². The fraction of sp³-hybridized carbons (Fsp3) is 0.379. The van der Waals surface area contributed by atoms with Crippen molar-refractivity contribution in [3.63, 3.8) is 0 Å². The number of fused-ring (bicyclic) bond motifs is 1. The lowest BCUT2D eigenvalue weighted by molar-refractivity contribution is -0.384. The van der Waals surface area contributed by atoms with Crippen LogP contribution in [0.15, 0.2) is 54.9 Å². The Hall–Kier alpha value is -4.18. The minimum atomic E-state index is -0.320. The van der Waals surface area contributed by atoms with Gasteiger partial charge in [0, 0.05) is 67.2 Å². The summed E-state index contributed by atoms with van der Waals surface area (Å²) in [6, 6.07) is 13.9. The van der Waals surface area contributed by atoms with Gasteiger partial charge in [0.2, 0.25) is 5.95 Å². The number of aryl methyl sites for hydroxylation is 1. The molecule has 0 radical (unpaired) electrons. The van der Waals surface area contributed by atoms with Gasteiger partial charge in [0.15, 0.2) is 0 Å². The molecule has 1 N–H and O–H groups in total. The third-order valence-electron chi connectivity index (χ3n) is 8.03. The van der Waals surface area contributed by atoms with Crippen molar-refractivity contribution in [2.45, 2.75) is 31.7 Å². The molecule has 4 aromatic rings. The van der Waals surface area contributed by atoms with Crippen LogP contribution in [0, 0.1) is 10.1 Å². The van der Waals surface area contributed by atoms with E-state index >= 15 is 0 Å². The van der Waals surface area contributed by atoms with E-state index in [4.69, 9.17) is 9.72 Å². The first-order valence-corrected chi connectivity index (χ1v) is 13.5. The van der Waals surface area contributed by atoms with Gasteiger partial charge >= 0.3 is 0 Å². The van der Waals surface area contributed by atoms with E-state index in [9.17, 15) is 10.1 Å². The molecule has 0 bridgehead atoms. The van der Waals surface area contributed by atoms with Gasteiger partial charge in [-0.05, 0) is 50.9 Å². The van der Waals surface area contributed by atoms with Crippen molar-refractivity contribution in [3.05, 3.63) is 65.0 Å². The molecule has 4 heterocycles. The summed E-state index contributed by atoms with van der Waals surface area (Å²) in [6.07, 6.45) is 8.29. The number of hydrogen-bond donors (Lipinski definition) is 1. The zero-order valence-corrected chi connectivity index (χ0v) is 22.3. The van der Waals surface area contributed by atoms with Gasteiger partial charge in [-0.25, -0.2) is 9.97 Å². The summed E-state index contributed by atoms with van der Waals surface area (Å²) in [5.41, 5.74) is 3.95. The SMILES string of the molecule is COc1cc(N2CCC(N3CCCC3)CC2)c([N+](=O)[O-])cc1Nc1nccc(-c2cn(C)c3ccccc23)n1. The lowest BCUT2D eigenvalue weighted by atomic mass is 10.0. The molecular formula is C29H33N7O3. The summed E-state index contributed by atoms with van der Waals surface area (Å²) in [6.45, 7) is 3.91. The van der Waals surface area contributed by atoms with E-state index in [1.807, 2.05) is 31.4 Å². The molecule has 202 valence electrons. The molecule has 2 aromatic heterocycles. The van der Waals surface area contributed by atoms with Crippen LogP contribution in [0.5, 0.6) is 5.75 Å². The highest BCUT2D eigenvalue weighted by molar-refractivity contribution is 5.95. The van der Waals surface area contributed by atoms with E-state index in [2.05, 4.69) is 36.8 Å². The summed E-state index contributed by atoms with van der Waals surface area (Å²) in [5, 5.41) is 16.4. The predicted molar refractivity (Wildman–Crippen MR) is 153 cm³/mol. The Morgan fingerprint density at radius 2 is 1.85 bits per heavy atom. The third-order valence-corrected chi connectivity index (χ3v) is 8.03. The molecule has 0 aliphatic carbocycles. The summed E-state index contributed by atoms with van der Waals surface area (Å²) >= 11 is 0. The maximum Gasteiger partial charge on any atom is 0.294 e. The first kappa shape index (κ1) is 25.1. The molecule has 10 heteroatoms. The minimum absolute atomic E-state index is 0.0446. The third kappa shape index (κ3) is 4.87. The van der Waals surface area contributed by atoms with Crippen LogP contribution in [0.2, 0.25) is 0 Å². The maximum absolute atomic E-state index is 12.2. The van der Waals surface area contributed by atoms with Crippen molar-refractivity contribution >= 4 is 33.9 Å². The number of aromatic nitrogens is 3. The van der Waals surface area contributed by atoms with Gasteiger partial charge in [-0.1, -0.05) is 18.2 Å². The highest BCUT2D eigenvalue weighted by Gasteiger charge is 2.30. The van der Waals surface area contributed by atoms with Crippen LogP contribution in [0.4, 0.5) is 23.0 Å². The van der Waals surface area contributed by atoms with Crippen molar-refractivity contribution in [2.75, 3.05) is 43.5 Å². The average Bonchev–Trinajstić information content (AvgIpc) is 3.62. The Morgan fingerprint density at radius 3 is 2.59 bits per heavy atom. The van der Waals surface area contributed by atoms with Crippen LogP contribution < -0.4 is 15.0 Å². The van der Waals surface area contributed by atoms with Crippen LogP contribution in [-0.2, 0) is 7.05 Å². The van der Waals surface area contributed by atoms with Gasteiger partial charge < -0.3 is 24.4 Å². The second-order valence-corrected chi connectivity index (χ2v) is 10.3. The molecule has 2 aromatic carbocycles. The normalized spacial score (nSPS) is 16.6. The summed E-state index contributed by atoms with van der Waals surface area (Å²) in [4.78, 5) is 25.7. The van der Waals surface area contributed by atoms with E-state index in [-0.39, 0.29) is 10.6 Å². The van der Waals surface area contributed by atoms with Crippen LogP contribution in [-0.4, -0.2) is 63.7 Å². The number of hydrogen-bond acceptors (Lipinski definition) is 8. The lowest BCUT2D eigenvalue weighted by Gasteiger charge is -2.37. The van der Waals surface area contributed by atoms with Gasteiger partial charge in [-0.15, -0.1) is 0 Å². The van der Waals surface area contributed by atoms with Gasteiger partial charge in [0.1, 0.15) is 11.4 Å². The molecule has 6 rings (SSSR count). The van der Waals surface area contributed by atoms with E-state index < -0.39 is 0 Å². The Bertz CT molecular complexity index is 1500. The quantitative estimate of drug-likeness (QED) is 0.253. The number of anilines is 3. The Kier molecular flexibility index (Phi) is 6.78. The second kappa shape index (κ2) is 10.5. The molecular weight excluding hydrogens is 494 g/mol. The number of rotatable bonds is 7. The molecule has 0 amide bonds. The molecule has 10 nitrogen and oxygen atoms in total. The molecule has 2 fully saturated rings. The minimum Gasteiger partial charge on any atom is -0.494 e.